The van der Waals surface area contributed by atoms with E-state index in [4.69, 9.17) is 4.74 Å². The molecule has 0 aromatic heterocycles. The van der Waals surface area contributed by atoms with Crippen LogP contribution in [-0.2, 0) is 10.2 Å². The van der Waals surface area contributed by atoms with Crippen LogP contribution in [0.15, 0.2) is 24.3 Å². The van der Waals surface area contributed by atoms with Crippen LogP contribution in [0.2, 0.25) is 0 Å². The molecule has 0 aliphatic heterocycles. The van der Waals surface area contributed by atoms with E-state index in [1.807, 2.05) is 52.8 Å². The molecule has 0 radical (unpaired) electrons. The van der Waals surface area contributed by atoms with E-state index in [1.54, 1.807) is 6.07 Å². The molecule has 106 valence electrons. The molecule has 4 heteroatoms. The van der Waals surface area contributed by atoms with Gasteiger partial charge < -0.3 is 9.84 Å². The van der Waals surface area contributed by atoms with Crippen molar-refractivity contribution in [2.45, 2.75) is 45.6 Å². The van der Waals surface area contributed by atoms with E-state index in [9.17, 15) is 9.90 Å². The van der Waals surface area contributed by atoms with Crippen molar-refractivity contribution >= 4 is 11.8 Å². The first-order chi connectivity index (χ1) is 8.65. The summed E-state index contributed by atoms with van der Waals surface area (Å²) >= 11 is 0. The summed E-state index contributed by atoms with van der Waals surface area (Å²) in [5.41, 5.74) is 0.580. The van der Waals surface area contributed by atoms with Crippen LogP contribution in [-0.4, -0.2) is 23.4 Å². The van der Waals surface area contributed by atoms with Crippen molar-refractivity contribution in [2.24, 2.45) is 0 Å². The lowest BCUT2D eigenvalue weighted by Crippen LogP contribution is -2.29. The summed E-state index contributed by atoms with van der Waals surface area (Å²) < 4.78 is 5.23. The van der Waals surface area contributed by atoms with Crippen molar-refractivity contribution in [3.05, 3.63) is 29.8 Å². The number of ether oxygens (including phenoxy) is 1. The Kier molecular flexibility index (Phi) is 4.58. The van der Waals surface area contributed by atoms with E-state index in [-0.39, 0.29) is 6.61 Å². The van der Waals surface area contributed by atoms with Crippen LogP contribution in [0.4, 0.5) is 10.5 Å². The van der Waals surface area contributed by atoms with Gasteiger partial charge >= 0.3 is 6.09 Å². The van der Waals surface area contributed by atoms with Crippen LogP contribution in [0.1, 0.15) is 40.2 Å². The maximum atomic E-state index is 11.8. The zero-order valence-corrected chi connectivity index (χ0v) is 12.3. The predicted octanol–water partition coefficient (Wildman–Crippen LogP) is 3.30. The number of para-hydroxylation sites is 1. The van der Waals surface area contributed by atoms with Crippen molar-refractivity contribution in [3.63, 3.8) is 0 Å². The number of rotatable bonds is 3. The van der Waals surface area contributed by atoms with Gasteiger partial charge in [0, 0.05) is 11.1 Å². The average molecular weight is 265 g/mol. The van der Waals surface area contributed by atoms with Gasteiger partial charge in [-0.25, -0.2) is 4.79 Å². The number of amides is 1. The molecule has 19 heavy (non-hydrogen) atoms. The second kappa shape index (κ2) is 5.61. The van der Waals surface area contributed by atoms with Gasteiger partial charge in [0.15, 0.2) is 0 Å². The van der Waals surface area contributed by atoms with Gasteiger partial charge in [-0.05, 0) is 32.4 Å². The second-order valence-electron chi connectivity index (χ2n) is 6.21. The fourth-order valence-electron chi connectivity index (χ4n) is 1.68. The number of aliphatic hydroxyl groups is 1. The molecule has 0 fully saturated rings. The van der Waals surface area contributed by atoms with Crippen LogP contribution in [0, 0.1) is 0 Å². The molecule has 0 spiro atoms. The van der Waals surface area contributed by atoms with Crippen LogP contribution in [0.3, 0.4) is 0 Å². The molecule has 0 saturated carbocycles. The third kappa shape index (κ3) is 4.56. The summed E-state index contributed by atoms with van der Waals surface area (Å²) in [5, 5.41) is 12.2. The monoisotopic (exact) mass is 265 g/mol. The minimum atomic E-state index is -0.536. The van der Waals surface area contributed by atoms with Crippen molar-refractivity contribution in [3.8, 4) is 0 Å². The van der Waals surface area contributed by atoms with Gasteiger partial charge in [-0.15, -0.1) is 0 Å². The highest BCUT2D eigenvalue weighted by Crippen LogP contribution is 2.29. The lowest BCUT2D eigenvalue weighted by molar-refractivity contribution is 0.0635. The first-order valence-corrected chi connectivity index (χ1v) is 6.36. The summed E-state index contributed by atoms with van der Waals surface area (Å²) in [6, 6.07) is 7.41. The zero-order valence-electron chi connectivity index (χ0n) is 12.3. The van der Waals surface area contributed by atoms with Crippen LogP contribution < -0.4 is 5.32 Å². The number of carbonyl (C=O) groups excluding carboxylic acids is 1. The molecule has 0 atom stereocenters. The Morgan fingerprint density at radius 3 is 2.32 bits per heavy atom. The first-order valence-electron chi connectivity index (χ1n) is 6.36. The van der Waals surface area contributed by atoms with Crippen molar-refractivity contribution in [1.29, 1.82) is 0 Å². The molecular formula is C15H23NO3. The molecule has 4 nitrogen and oxygen atoms in total. The lowest BCUT2D eigenvalue weighted by atomic mass is 9.84. The fraction of sp³-hybridized carbons (Fsp3) is 0.533. The van der Waals surface area contributed by atoms with Crippen molar-refractivity contribution in [2.75, 3.05) is 11.9 Å². The summed E-state index contributed by atoms with van der Waals surface area (Å²) in [6.45, 7) is 9.29. The SMILES string of the molecule is CC(C)(C)OC(=O)Nc1ccccc1C(C)(C)CO. The Labute approximate surface area is 114 Å². The van der Waals surface area contributed by atoms with Crippen LogP contribution >= 0.6 is 0 Å². The molecular weight excluding hydrogens is 242 g/mol. The predicted molar refractivity (Wildman–Crippen MR) is 76.4 cm³/mol. The van der Waals surface area contributed by atoms with Gasteiger partial charge in [-0.2, -0.15) is 0 Å². The van der Waals surface area contributed by atoms with E-state index in [0.29, 0.717) is 5.69 Å². The van der Waals surface area contributed by atoms with E-state index in [2.05, 4.69) is 5.32 Å². The molecule has 0 unspecified atom stereocenters. The maximum absolute atomic E-state index is 11.8. The molecule has 1 aromatic carbocycles. The Balaban J connectivity index is 2.94. The second-order valence-corrected chi connectivity index (χ2v) is 6.21. The third-order valence-electron chi connectivity index (χ3n) is 2.69. The normalized spacial score (nSPS) is 12.1. The molecule has 0 saturated heterocycles. The van der Waals surface area contributed by atoms with E-state index in [0.717, 1.165) is 5.56 Å². The summed E-state index contributed by atoms with van der Waals surface area (Å²) in [4.78, 5) is 11.8. The zero-order chi connectivity index (χ0) is 14.7. The van der Waals surface area contributed by atoms with Gasteiger partial charge in [-0.3, -0.25) is 5.32 Å². The summed E-state index contributed by atoms with van der Waals surface area (Å²) in [7, 11) is 0. The number of aliphatic hydroxyl groups excluding tert-OH is 1. The summed E-state index contributed by atoms with van der Waals surface area (Å²) in [6.07, 6.45) is -0.492. The highest BCUT2D eigenvalue weighted by atomic mass is 16.6. The lowest BCUT2D eigenvalue weighted by Gasteiger charge is -2.26. The van der Waals surface area contributed by atoms with E-state index >= 15 is 0 Å². The smallest absolute Gasteiger partial charge is 0.412 e. The molecule has 0 bridgehead atoms. The maximum Gasteiger partial charge on any atom is 0.412 e. The fourth-order valence-corrected chi connectivity index (χ4v) is 1.68. The van der Waals surface area contributed by atoms with Gasteiger partial charge in [0.2, 0.25) is 0 Å². The molecule has 0 aliphatic rings. The van der Waals surface area contributed by atoms with Gasteiger partial charge in [-0.1, -0.05) is 32.0 Å². The summed E-state index contributed by atoms with van der Waals surface area (Å²) in [5.74, 6) is 0. The third-order valence-corrected chi connectivity index (χ3v) is 2.69. The van der Waals surface area contributed by atoms with E-state index < -0.39 is 17.1 Å². The van der Waals surface area contributed by atoms with Gasteiger partial charge in [0.05, 0.1) is 6.61 Å². The number of carbonyl (C=O) groups is 1. The van der Waals surface area contributed by atoms with Gasteiger partial charge in [0.1, 0.15) is 5.60 Å². The quantitative estimate of drug-likeness (QED) is 0.881. The first kappa shape index (κ1) is 15.5. The highest BCUT2D eigenvalue weighted by molar-refractivity contribution is 5.86. The van der Waals surface area contributed by atoms with Crippen LogP contribution in [0.25, 0.3) is 0 Å². The minimum absolute atomic E-state index is 0.0000117. The number of benzene rings is 1. The highest BCUT2D eigenvalue weighted by Gasteiger charge is 2.24. The molecule has 0 heterocycles. The number of hydrogen-bond donors (Lipinski definition) is 2. The average Bonchev–Trinajstić information content (AvgIpc) is 2.27. The van der Waals surface area contributed by atoms with Crippen molar-refractivity contribution in [1.82, 2.24) is 0 Å². The van der Waals surface area contributed by atoms with E-state index in [1.165, 1.54) is 0 Å². The molecule has 2 N–H and O–H groups in total. The van der Waals surface area contributed by atoms with Crippen LogP contribution in [0.5, 0.6) is 0 Å². The Bertz CT molecular complexity index is 447. The standard InChI is InChI=1S/C15H23NO3/c1-14(2,3)19-13(18)16-12-9-7-6-8-11(12)15(4,5)10-17/h6-9,17H,10H2,1-5H3,(H,16,18). The van der Waals surface area contributed by atoms with Crippen molar-refractivity contribution < 1.29 is 14.6 Å². The number of nitrogens with one attached hydrogen (secondary N) is 1. The topological polar surface area (TPSA) is 58.6 Å². The molecule has 0 aliphatic carbocycles. The largest absolute Gasteiger partial charge is 0.444 e. The Morgan fingerprint density at radius 1 is 1.21 bits per heavy atom. The number of anilines is 1. The Morgan fingerprint density at radius 2 is 1.79 bits per heavy atom. The molecule has 1 aromatic rings. The molecule has 1 rings (SSSR count). The Hall–Kier alpha value is -1.55. The number of hydrogen-bond acceptors (Lipinski definition) is 3. The minimum Gasteiger partial charge on any atom is -0.444 e. The van der Waals surface area contributed by atoms with Gasteiger partial charge in [0.25, 0.3) is 0 Å². The molecule has 1 amide bonds.